The number of hydrogen-bond acceptors (Lipinski definition) is 6. The number of ether oxygens (including phenoxy) is 2. The lowest BCUT2D eigenvalue weighted by atomic mass is 10.0. The van der Waals surface area contributed by atoms with Gasteiger partial charge in [-0.2, -0.15) is 4.31 Å². The van der Waals surface area contributed by atoms with Gasteiger partial charge in [-0.1, -0.05) is 12.5 Å². The summed E-state index contributed by atoms with van der Waals surface area (Å²) in [6.45, 7) is 1.95. The molecule has 0 bridgehead atoms. The van der Waals surface area contributed by atoms with Gasteiger partial charge < -0.3 is 14.4 Å². The molecule has 34 heavy (non-hydrogen) atoms. The highest BCUT2D eigenvalue weighted by Crippen LogP contribution is 2.34. The molecule has 0 radical (unpaired) electrons. The molecule has 3 aliphatic rings. The Hall–Kier alpha value is -2.39. The number of sulfonamides is 1. The molecule has 2 fully saturated rings. The van der Waals surface area contributed by atoms with Crippen molar-refractivity contribution in [2.24, 2.45) is 0 Å². The number of methoxy groups -OCH3 is 1. The largest absolute Gasteiger partial charge is 0.495 e. The van der Waals surface area contributed by atoms with Crippen LogP contribution in [0.1, 0.15) is 75.1 Å². The fourth-order valence-corrected chi connectivity index (χ4v) is 6.69. The minimum atomic E-state index is -3.85. The van der Waals surface area contributed by atoms with Gasteiger partial charge in [-0.3, -0.25) is 4.79 Å². The van der Waals surface area contributed by atoms with Crippen LogP contribution in [0.3, 0.4) is 0 Å². The van der Waals surface area contributed by atoms with E-state index in [1.54, 1.807) is 4.90 Å². The standard InChI is InChI=1S/C25H34N2O6S/c1-18-8-6-7-15-26(18)34(30,31)23-16-19(11-14-22(23)32-2)25(29)33-17-24(28)27(21-12-13-21)20-9-4-3-5-10-20/h9,11,14,16,18,21H,3-8,10,12-13,15,17H2,1-2H3/t18-/m1/s1. The number of hydrogen-bond donors (Lipinski definition) is 0. The van der Waals surface area contributed by atoms with Gasteiger partial charge in [0, 0.05) is 24.3 Å². The van der Waals surface area contributed by atoms with Crippen LogP contribution >= 0.6 is 0 Å². The van der Waals surface area contributed by atoms with Crippen molar-refractivity contribution in [1.29, 1.82) is 0 Å². The molecule has 1 atom stereocenters. The van der Waals surface area contributed by atoms with Crippen molar-refractivity contribution in [2.45, 2.75) is 81.7 Å². The summed E-state index contributed by atoms with van der Waals surface area (Å²) in [7, 11) is -2.45. The van der Waals surface area contributed by atoms with Crippen molar-refractivity contribution in [3.05, 3.63) is 35.5 Å². The number of esters is 1. The van der Waals surface area contributed by atoms with E-state index in [0.717, 1.165) is 63.5 Å². The van der Waals surface area contributed by atoms with Gasteiger partial charge in [0.05, 0.1) is 12.7 Å². The maximum absolute atomic E-state index is 13.4. The Balaban J connectivity index is 1.49. The Morgan fingerprint density at radius 1 is 1.12 bits per heavy atom. The zero-order valence-electron chi connectivity index (χ0n) is 20.0. The van der Waals surface area contributed by atoms with Gasteiger partial charge in [0.1, 0.15) is 10.6 Å². The summed E-state index contributed by atoms with van der Waals surface area (Å²) in [6.07, 6.45) is 10.6. The van der Waals surface area contributed by atoms with Crippen molar-refractivity contribution in [1.82, 2.24) is 9.21 Å². The molecule has 186 valence electrons. The second kappa shape index (κ2) is 10.5. The highest BCUT2D eigenvalue weighted by molar-refractivity contribution is 7.89. The van der Waals surface area contributed by atoms with Gasteiger partial charge in [0.2, 0.25) is 10.0 Å². The summed E-state index contributed by atoms with van der Waals surface area (Å²) in [5.41, 5.74) is 1.11. The molecule has 0 spiro atoms. The average Bonchev–Trinajstić information content (AvgIpc) is 3.68. The zero-order chi connectivity index (χ0) is 24.3. The molecule has 1 saturated heterocycles. The van der Waals surface area contributed by atoms with E-state index >= 15 is 0 Å². The second-order valence-corrected chi connectivity index (χ2v) is 11.2. The third kappa shape index (κ3) is 5.30. The fourth-order valence-electron chi connectivity index (χ4n) is 4.81. The molecule has 1 saturated carbocycles. The van der Waals surface area contributed by atoms with Gasteiger partial charge in [-0.05, 0) is 76.5 Å². The SMILES string of the molecule is COc1ccc(C(=O)OCC(=O)N(C2=CCCCC2)C2CC2)cc1S(=O)(=O)N1CCCC[C@H]1C. The van der Waals surface area contributed by atoms with Gasteiger partial charge in [0.15, 0.2) is 6.61 Å². The molecule has 1 heterocycles. The van der Waals surface area contributed by atoms with Gasteiger partial charge in [-0.25, -0.2) is 13.2 Å². The van der Waals surface area contributed by atoms with E-state index in [9.17, 15) is 18.0 Å². The Morgan fingerprint density at radius 3 is 2.56 bits per heavy atom. The summed E-state index contributed by atoms with van der Waals surface area (Å²) in [5, 5.41) is 0. The van der Waals surface area contributed by atoms with Crippen LogP contribution < -0.4 is 4.74 Å². The molecule has 0 unspecified atom stereocenters. The van der Waals surface area contributed by atoms with E-state index in [0.29, 0.717) is 6.54 Å². The quantitative estimate of drug-likeness (QED) is 0.514. The Bertz CT molecular complexity index is 1060. The van der Waals surface area contributed by atoms with Crippen LogP contribution in [0.15, 0.2) is 34.9 Å². The van der Waals surface area contributed by atoms with Crippen LogP contribution in [-0.2, 0) is 19.6 Å². The summed E-state index contributed by atoms with van der Waals surface area (Å²) >= 11 is 0. The Labute approximate surface area is 201 Å². The fraction of sp³-hybridized carbons (Fsp3) is 0.600. The third-order valence-electron chi connectivity index (χ3n) is 6.81. The van der Waals surface area contributed by atoms with E-state index in [-0.39, 0.29) is 40.8 Å². The van der Waals surface area contributed by atoms with Crippen molar-refractivity contribution in [3.63, 3.8) is 0 Å². The third-order valence-corrected chi connectivity index (χ3v) is 8.85. The van der Waals surface area contributed by atoms with Crippen LogP contribution in [0.25, 0.3) is 0 Å². The maximum atomic E-state index is 13.4. The lowest BCUT2D eigenvalue weighted by molar-refractivity contribution is -0.133. The Kier molecular flexibility index (Phi) is 7.62. The van der Waals surface area contributed by atoms with E-state index in [4.69, 9.17) is 9.47 Å². The molecule has 2 aliphatic carbocycles. The molecule has 0 aromatic heterocycles. The number of allylic oxidation sites excluding steroid dienone is 2. The lowest BCUT2D eigenvalue weighted by Crippen LogP contribution is -2.42. The van der Waals surface area contributed by atoms with Crippen LogP contribution in [0, 0.1) is 0 Å². The smallest absolute Gasteiger partial charge is 0.338 e. The summed E-state index contributed by atoms with van der Waals surface area (Å²) in [6, 6.07) is 4.29. The molecule has 1 aromatic carbocycles. The van der Waals surface area contributed by atoms with Crippen molar-refractivity contribution in [3.8, 4) is 5.75 Å². The Morgan fingerprint density at radius 2 is 1.91 bits per heavy atom. The van der Waals surface area contributed by atoms with E-state index in [2.05, 4.69) is 6.08 Å². The van der Waals surface area contributed by atoms with Crippen LogP contribution in [-0.4, -0.2) is 61.8 Å². The molecule has 1 aromatic rings. The van der Waals surface area contributed by atoms with Gasteiger partial charge >= 0.3 is 5.97 Å². The molecular formula is C25H34N2O6S. The molecule has 0 N–H and O–H groups in total. The molecule has 1 aliphatic heterocycles. The number of carbonyl (C=O) groups excluding carboxylic acids is 2. The molecule has 4 rings (SSSR count). The summed E-state index contributed by atoms with van der Waals surface area (Å²) in [4.78, 5) is 27.5. The highest BCUT2D eigenvalue weighted by Gasteiger charge is 2.36. The first-order valence-electron chi connectivity index (χ1n) is 12.2. The van der Waals surface area contributed by atoms with Crippen molar-refractivity contribution in [2.75, 3.05) is 20.3 Å². The minimum absolute atomic E-state index is 0.0588. The molecule has 9 heteroatoms. The number of benzene rings is 1. The number of nitrogens with zero attached hydrogens (tertiary/aromatic N) is 2. The van der Waals surface area contributed by atoms with Gasteiger partial charge in [-0.15, -0.1) is 0 Å². The zero-order valence-corrected chi connectivity index (χ0v) is 20.8. The summed E-state index contributed by atoms with van der Waals surface area (Å²) < 4.78 is 38.9. The number of rotatable bonds is 8. The number of carbonyl (C=O) groups is 2. The first-order valence-corrected chi connectivity index (χ1v) is 13.6. The van der Waals surface area contributed by atoms with Crippen LogP contribution in [0.5, 0.6) is 5.75 Å². The second-order valence-electron chi connectivity index (χ2n) is 9.34. The minimum Gasteiger partial charge on any atom is -0.495 e. The van der Waals surface area contributed by atoms with E-state index in [1.165, 1.54) is 29.6 Å². The maximum Gasteiger partial charge on any atom is 0.338 e. The van der Waals surface area contributed by atoms with Crippen molar-refractivity contribution < 1.29 is 27.5 Å². The highest BCUT2D eigenvalue weighted by atomic mass is 32.2. The van der Waals surface area contributed by atoms with Crippen LogP contribution in [0.2, 0.25) is 0 Å². The summed E-state index contributed by atoms with van der Waals surface area (Å²) in [5.74, 6) is -0.783. The number of piperidine rings is 1. The van der Waals surface area contributed by atoms with E-state index in [1.807, 2.05) is 6.92 Å². The first kappa shape index (κ1) is 24.7. The molecule has 1 amide bonds. The lowest BCUT2D eigenvalue weighted by Gasteiger charge is -2.32. The topological polar surface area (TPSA) is 93.2 Å². The predicted molar refractivity (Wildman–Crippen MR) is 127 cm³/mol. The van der Waals surface area contributed by atoms with E-state index < -0.39 is 16.0 Å². The molecule has 8 nitrogen and oxygen atoms in total. The van der Waals surface area contributed by atoms with Crippen molar-refractivity contribution >= 4 is 21.9 Å². The first-order chi connectivity index (χ1) is 16.3. The average molecular weight is 491 g/mol. The van der Waals surface area contributed by atoms with Gasteiger partial charge in [0.25, 0.3) is 5.91 Å². The normalized spacial score (nSPS) is 21.5. The molecular weight excluding hydrogens is 456 g/mol. The predicted octanol–water partition coefficient (Wildman–Crippen LogP) is 3.86. The number of amides is 1. The van der Waals surface area contributed by atoms with Crippen LogP contribution in [0.4, 0.5) is 0 Å². The monoisotopic (exact) mass is 490 g/mol.